The Bertz CT molecular complexity index is 387. The van der Waals surface area contributed by atoms with E-state index >= 15 is 0 Å². The molecule has 0 radical (unpaired) electrons. The summed E-state index contributed by atoms with van der Waals surface area (Å²) in [5.74, 6) is 0.139. The van der Waals surface area contributed by atoms with Crippen molar-refractivity contribution in [3.05, 3.63) is 33.3 Å². The quantitative estimate of drug-likeness (QED) is 0.681. The summed E-state index contributed by atoms with van der Waals surface area (Å²) < 4.78 is 1.05. The van der Waals surface area contributed by atoms with Crippen molar-refractivity contribution < 1.29 is 4.79 Å². The first kappa shape index (κ1) is 8.75. The molecule has 3 heteroatoms. The van der Waals surface area contributed by atoms with Crippen molar-refractivity contribution in [2.75, 3.05) is 7.05 Å². The van der Waals surface area contributed by atoms with Crippen LogP contribution in [0.25, 0.3) is 0 Å². The van der Waals surface area contributed by atoms with E-state index in [9.17, 15) is 4.79 Å². The second-order valence-electron chi connectivity index (χ2n) is 3.42. The summed E-state index contributed by atoms with van der Waals surface area (Å²) in [4.78, 5) is 13.4. The van der Waals surface area contributed by atoms with Crippen LogP contribution in [0, 0.1) is 6.92 Å². The van der Waals surface area contributed by atoms with Crippen LogP contribution in [-0.2, 0) is 6.54 Å². The highest BCUT2D eigenvalue weighted by atomic mass is 79.9. The van der Waals surface area contributed by atoms with Crippen molar-refractivity contribution in [3.8, 4) is 0 Å². The monoisotopic (exact) mass is 239 g/mol. The molecule has 0 saturated heterocycles. The number of hydrogen-bond acceptors (Lipinski definition) is 1. The van der Waals surface area contributed by atoms with Gasteiger partial charge in [0.1, 0.15) is 0 Å². The lowest BCUT2D eigenvalue weighted by Crippen LogP contribution is -2.17. The molecule has 0 aromatic heterocycles. The van der Waals surface area contributed by atoms with Gasteiger partial charge in [-0.05, 0) is 30.2 Å². The van der Waals surface area contributed by atoms with E-state index in [1.54, 1.807) is 4.90 Å². The number of hydrogen-bond donors (Lipinski definition) is 0. The molecule has 1 amide bonds. The van der Waals surface area contributed by atoms with Gasteiger partial charge in [0.2, 0.25) is 0 Å². The van der Waals surface area contributed by atoms with Crippen LogP contribution in [0.5, 0.6) is 0 Å². The Morgan fingerprint density at radius 2 is 2.15 bits per heavy atom. The molecule has 2 nitrogen and oxygen atoms in total. The summed E-state index contributed by atoms with van der Waals surface area (Å²) >= 11 is 3.43. The van der Waals surface area contributed by atoms with Gasteiger partial charge in [0, 0.05) is 23.6 Å². The third-order valence-electron chi connectivity index (χ3n) is 2.35. The number of carbonyl (C=O) groups is 1. The number of carbonyl (C=O) groups excluding carboxylic acids is 1. The van der Waals surface area contributed by atoms with Crippen LogP contribution in [-0.4, -0.2) is 17.9 Å². The molecule has 1 aromatic carbocycles. The molecule has 1 aliphatic heterocycles. The second kappa shape index (κ2) is 2.84. The number of halogens is 1. The van der Waals surface area contributed by atoms with Gasteiger partial charge in [0.25, 0.3) is 5.91 Å². The van der Waals surface area contributed by atoms with Gasteiger partial charge in [-0.3, -0.25) is 4.79 Å². The minimum atomic E-state index is 0.139. The highest BCUT2D eigenvalue weighted by Crippen LogP contribution is 2.27. The Morgan fingerprint density at radius 3 is 2.85 bits per heavy atom. The van der Waals surface area contributed by atoms with Crippen LogP contribution in [0.3, 0.4) is 0 Å². The lowest BCUT2D eigenvalue weighted by molar-refractivity contribution is 0.0816. The first-order chi connectivity index (χ1) is 6.09. The Kier molecular flexibility index (Phi) is 1.91. The van der Waals surface area contributed by atoms with Gasteiger partial charge < -0.3 is 4.90 Å². The van der Waals surface area contributed by atoms with Crippen LogP contribution in [0.15, 0.2) is 16.6 Å². The minimum absolute atomic E-state index is 0.139. The van der Waals surface area contributed by atoms with Crippen LogP contribution in [0.1, 0.15) is 21.5 Å². The maximum atomic E-state index is 11.6. The van der Waals surface area contributed by atoms with Gasteiger partial charge in [-0.15, -0.1) is 0 Å². The molecule has 13 heavy (non-hydrogen) atoms. The van der Waals surface area contributed by atoms with Gasteiger partial charge in [-0.1, -0.05) is 15.9 Å². The summed E-state index contributed by atoms with van der Waals surface area (Å²) in [5.41, 5.74) is 3.06. The van der Waals surface area contributed by atoms with Gasteiger partial charge in [-0.2, -0.15) is 0 Å². The number of rotatable bonds is 0. The Hall–Kier alpha value is -0.830. The standard InChI is InChI=1S/C10H10BrNO/c1-6-3-8(11)4-7-5-12(2)10(13)9(6)7/h3-4H,5H2,1-2H3. The fraction of sp³-hybridized carbons (Fsp3) is 0.300. The number of amides is 1. The fourth-order valence-corrected chi connectivity index (χ4v) is 2.38. The molecular formula is C10H10BrNO. The predicted molar refractivity (Wildman–Crippen MR) is 54.7 cm³/mol. The average molecular weight is 240 g/mol. The lowest BCUT2D eigenvalue weighted by atomic mass is 10.0. The smallest absolute Gasteiger partial charge is 0.254 e. The van der Waals surface area contributed by atoms with E-state index in [-0.39, 0.29) is 5.91 Å². The van der Waals surface area contributed by atoms with Crippen molar-refractivity contribution in [2.45, 2.75) is 13.5 Å². The highest BCUT2D eigenvalue weighted by Gasteiger charge is 2.26. The molecule has 1 heterocycles. The highest BCUT2D eigenvalue weighted by molar-refractivity contribution is 9.10. The maximum Gasteiger partial charge on any atom is 0.254 e. The third kappa shape index (κ3) is 1.27. The van der Waals surface area contributed by atoms with Crippen LogP contribution >= 0.6 is 15.9 Å². The van der Waals surface area contributed by atoms with E-state index in [4.69, 9.17) is 0 Å². The Balaban J connectivity index is 2.64. The zero-order valence-electron chi connectivity index (χ0n) is 7.60. The minimum Gasteiger partial charge on any atom is -0.337 e. The van der Waals surface area contributed by atoms with E-state index in [0.717, 1.165) is 27.7 Å². The second-order valence-corrected chi connectivity index (χ2v) is 4.33. The molecule has 1 aromatic rings. The van der Waals surface area contributed by atoms with Crippen molar-refractivity contribution in [1.29, 1.82) is 0 Å². The molecule has 0 bridgehead atoms. The van der Waals surface area contributed by atoms with E-state index in [1.165, 1.54) is 0 Å². The van der Waals surface area contributed by atoms with Gasteiger partial charge in [0.05, 0.1) is 0 Å². The molecule has 0 saturated carbocycles. The van der Waals surface area contributed by atoms with Crippen LogP contribution < -0.4 is 0 Å². The van der Waals surface area contributed by atoms with E-state index < -0.39 is 0 Å². The average Bonchev–Trinajstić information content (AvgIpc) is 2.27. The SMILES string of the molecule is Cc1cc(Br)cc2c1C(=O)N(C)C2. The van der Waals surface area contributed by atoms with Crippen LogP contribution in [0.2, 0.25) is 0 Å². The van der Waals surface area contributed by atoms with Crippen molar-refractivity contribution in [2.24, 2.45) is 0 Å². The molecule has 0 spiro atoms. The predicted octanol–water partition coefficient (Wildman–Crippen LogP) is 2.34. The molecule has 2 rings (SSSR count). The molecule has 0 aliphatic carbocycles. The molecule has 0 fully saturated rings. The topological polar surface area (TPSA) is 20.3 Å². The zero-order valence-corrected chi connectivity index (χ0v) is 9.18. The first-order valence-electron chi connectivity index (χ1n) is 4.14. The number of fused-ring (bicyclic) bond motifs is 1. The first-order valence-corrected chi connectivity index (χ1v) is 4.93. The van der Waals surface area contributed by atoms with Crippen molar-refractivity contribution >= 4 is 21.8 Å². The number of aryl methyl sites for hydroxylation is 1. The van der Waals surface area contributed by atoms with Gasteiger partial charge in [-0.25, -0.2) is 0 Å². The van der Waals surface area contributed by atoms with Crippen molar-refractivity contribution in [3.63, 3.8) is 0 Å². The van der Waals surface area contributed by atoms with E-state index in [1.807, 2.05) is 26.1 Å². The molecule has 0 atom stereocenters. The van der Waals surface area contributed by atoms with Gasteiger partial charge in [0.15, 0.2) is 0 Å². The third-order valence-corrected chi connectivity index (χ3v) is 2.81. The Labute approximate surface area is 85.7 Å². The summed E-state index contributed by atoms with van der Waals surface area (Å²) in [6.07, 6.45) is 0. The summed E-state index contributed by atoms with van der Waals surface area (Å²) in [6.45, 7) is 2.70. The summed E-state index contributed by atoms with van der Waals surface area (Å²) in [6, 6.07) is 4.00. The normalized spacial score (nSPS) is 15.0. The largest absolute Gasteiger partial charge is 0.337 e. The molecular weight excluding hydrogens is 230 g/mol. The summed E-state index contributed by atoms with van der Waals surface area (Å²) in [7, 11) is 1.83. The van der Waals surface area contributed by atoms with Crippen molar-refractivity contribution in [1.82, 2.24) is 4.90 Å². The maximum absolute atomic E-state index is 11.6. The van der Waals surface area contributed by atoms with Crippen LogP contribution in [0.4, 0.5) is 0 Å². The zero-order chi connectivity index (χ0) is 9.59. The van der Waals surface area contributed by atoms with E-state index in [2.05, 4.69) is 15.9 Å². The fourth-order valence-electron chi connectivity index (χ4n) is 1.76. The number of benzene rings is 1. The van der Waals surface area contributed by atoms with E-state index in [0.29, 0.717) is 0 Å². The Morgan fingerprint density at radius 1 is 1.46 bits per heavy atom. The summed E-state index contributed by atoms with van der Waals surface area (Å²) in [5, 5.41) is 0. The van der Waals surface area contributed by atoms with Gasteiger partial charge >= 0.3 is 0 Å². The molecule has 0 N–H and O–H groups in total. The molecule has 0 unspecified atom stereocenters. The molecule has 68 valence electrons. The number of nitrogens with zero attached hydrogens (tertiary/aromatic N) is 1. The lowest BCUT2D eigenvalue weighted by Gasteiger charge is -2.05. The molecule has 1 aliphatic rings.